The van der Waals surface area contributed by atoms with E-state index in [9.17, 15) is 14.7 Å². The van der Waals surface area contributed by atoms with Gasteiger partial charge in [0.05, 0.1) is 30.9 Å². The quantitative estimate of drug-likeness (QED) is 0.0625. The standard InChI is InChI=1S/C52H57ClN4O9/c1-3-22-63-52(60)57-42-27-46(45(61-2)26-40(42)50(59)55-21-8-6-15-41(55)51(57)66-48-16-7-9-23-62-48)65-32-35-12-10-11-34(24-35)25-47(58)56-30-36(29-53)49-39-14-5-4-13-38(39)44(28-43(49)56)64-31-33-17-19-37(54)20-18-33/h3-5,10-14,17-20,24,26-28,36,41,48,50-51,59H,1,6-9,15-16,21-23,25,29-32,54H2,2H3/t36-,41+,48?,50?,51?/m1/s1. The van der Waals surface area contributed by atoms with Crippen molar-refractivity contribution >= 4 is 51.4 Å². The Hall–Kier alpha value is -5.83. The van der Waals surface area contributed by atoms with E-state index >= 15 is 0 Å². The van der Waals surface area contributed by atoms with Crippen LogP contribution in [-0.4, -0.2) is 79.9 Å². The van der Waals surface area contributed by atoms with Gasteiger partial charge in [-0.1, -0.05) is 79.7 Å². The molecule has 13 nitrogen and oxygen atoms in total. The number of alkyl halides is 1. The molecule has 3 unspecified atom stereocenters. The SMILES string of the molecule is C=CCOC(=O)N1c2cc(OCc3cccc(CC(=O)N4C[C@@H](CCl)c5c4cc(OCc4ccc(N)cc4)c4ccccc54)c3)c(OC)cc2C(O)N2CCCC[C@H]2C1OC1CCCCO1. The number of hydrogen-bond acceptors (Lipinski definition) is 11. The summed E-state index contributed by atoms with van der Waals surface area (Å²) >= 11 is 6.60. The van der Waals surface area contributed by atoms with Crippen LogP contribution in [-0.2, 0) is 38.6 Å². The van der Waals surface area contributed by atoms with Crippen molar-refractivity contribution in [2.75, 3.05) is 54.8 Å². The van der Waals surface area contributed by atoms with Crippen LogP contribution >= 0.6 is 11.6 Å². The Labute approximate surface area is 390 Å². The molecule has 4 heterocycles. The van der Waals surface area contributed by atoms with Crippen LogP contribution in [0.5, 0.6) is 17.2 Å². The molecule has 9 rings (SSSR count). The van der Waals surface area contributed by atoms with Crippen molar-refractivity contribution in [3.8, 4) is 17.2 Å². The third-order valence-corrected chi connectivity index (χ3v) is 13.4. The van der Waals surface area contributed by atoms with Gasteiger partial charge in [0, 0.05) is 60.3 Å². The van der Waals surface area contributed by atoms with Gasteiger partial charge < -0.3 is 44.2 Å². The van der Waals surface area contributed by atoms with Crippen LogP contribution in [0.25, 0.3) is 10.8 Å². The van der Waals surface area contributed by atoms with E-state index in [-0.39, 0.29) is 37.5 Å². The maximum Gasteiger partial charge on any atom is 0.416 e. The third kappa shape index (κ3) is 9.41. The number of nitrogen functional groups attached to an aromatic ring is 1. The molecule has 2 fully saturated rings. The molecular formula is C52H57ClN4O9. The Morgan fingerprint density at radius 1 is 0.864 bits per heavy atom. The molecule has 4 aliphatic rings. The van der Waals surface area contributed by atoms with Crippen molar-refractivity contribution < 1.29 is 43.1 Å². The minimum atomic E-state index is -1.06. The van der Waals surface area contributed by atoms with E-state index in [1.165, 1.54) is 11.0 Å². The molecule has 0 bridgehead atoms. The number of anilines is 3. The van der Waals surface area contributed by atoms with E-state index in [2.05, 4.69) is 12.6 Å². The van der Waals surface area contributed by atoms with Crippen LogP contribution in [0, 0.1) is 0 Å². The number of halogens is 1. The number of fused-ring (bicyclic) bond motifs is 5. The summed E-state index contributed by atoms with van der Waals surface area (Å²) < 4.78 is 37.2. The van der Waals surface area contributed by atoms with Crippen molar-refractivity contribution in [1.82, 2.24) is 4.90 Å². The summed E-state index contributed by atoms with van der Waals surface area (Å²) in [5.41, 5.74) is 11.9. The fourth-order valence-electron chi connectivity index (χ4n) is 9.79. The zero-order valence-electron chi connectivity index (χ0n) is 37.2. The number of methoxy groups -OCH3 is 1. The maximum absolute atomic E-state index is 14.4. The van der Waals surface area contributed by atoms with Crippen molar-refractivity contribution in [3.63, 3.8) is 0 Å². The van der Waals surface area contributed by atoms with Gasteiger partial charge in [-0.25, -0.2) is 9.69 Å². The molecule has 4 aliphatic heterocycles. The predicted molar refractivity (Wildman–Crippen MR) is 254 cm³/mol. The van der Waals surface area contributed by atoms with E-state index in [1.54, 1.807) is 19.2 Å². The fraction of sp³-hybridized carbons (Fsp3) is 0.385. The molecule has 5 atom stereocenters. The summed E-state index contributed by atoms with van der Waals surface area (Å²) in [6.45, 7) is 5.82. The molecule has 0 spiro atoms. The Morgan fingerprint density at radius 2 is 1.62 bits per heavy atom. The molecule has 0 aromatic heterocycles. The van der Waals surface area contributed by atoms with E-state index in [0.29, 0.717) is 79.2 Å². The molecule has 0 radical (unpaired) electrons. The van der Waals surface area contributed by atoms with Crippen LogP contribution in [0.15, 0.2) is 104 Å². The summed E-state index contributed by atoms with van der Waals surface area (Å²) in [6, 6.07) is 28.5. The number of aliphatic hydroxyl groups excluding tert-OH is 1. The zero-order chi connectivity index (χ0) is 45.7. The number of rotatable bonds is 14. The first kappa shape index (κ1) is 45.3. The van der Waals surface area contributed by atoms with Gasteiger partial charge in [0.1, 0.15) is 31.8 Å². The highest BCUT2D eigenvalue weighted by atomic mass is 35.5. The lowest BCUT2D eigenvalue weighted by Crippen LogP contribution is -2.57. The van der Waals surface area contributed by atoms with Gasteiger partial charge in [-0.05, 0) is 77.9 Å². The molecular weight excluding hydrogens is 860 g/mol. The molecule has 2 saturated heterocycles. The summed E-state index contributed by atoms with van der Waals surface area (Å²) in [4.78, 5) is 33.8. The van der Waals surface area contributed by atoms with Crippen molar-refractivity contribution in [1.29, 1.82) is 0 Å². The fourth-order valence-corrected chi connectivity index (χ4v) is 10.0. The maximum atomic E-state index is 14.4. The first-order valence-electron chi connectivity index (χ1n) is 22.8. The second-order valence-corrected chi connectivity index (χ2v) is 17.6. The van der Waals surface area contributed by atoms with Gasteiger partial charge in [-0.15, -0.1) is 11.6 Å². The molecule has 14 heteroatoms. The van der Waals surface area contributed by atoms with E-state index in [4.69, 9.17) is 45.8 Å². The highest BCUT2D eigenvalue weighted by Gasteiger charge is 2.47. The normalized spacial score (nSPS) is 21.6. The Bertz CT molecular complexity index is 2550. The van der Waals surface area contributed by atoms with Crippen LogP contribution in [0.1, 0.15) is 78.5 Å². The molecule has 66 heavy (non-hydrogen) atoms. The zero-order valence-corrected chi connectivity index (χ0v) is 38.0. The second-order valence-electron chi connectivity index (χ2n) is 17.3. The van der Waals surface area contributed by atoms with Gasteiger partial charge in [0.25, 0.3) is 0 Å². The van der Waals surface area contributed by atoms with Crippen molar-refractivity contribution in [3.05, 3.63) is 131 Å². The number of ether oxygens (including phenoxy) is 6. The number of aliphatic hydroxyl groups is 1. The molecule has 5 aromatic carbocycles. The molecule has 0 saturated carbocycles. The minimum absolute atomic E-state index is 0.0121. The molecule has 0 aliphatic carbocycles. The largest absolute Gasteiger partial charge is 0.493 e. The lowest BCUT2D eigenvalue weighted by Gasteiger charge is -2.43. The van der Waals surface area contributed by atoms with Crippen LogP contribution in [0.3, 0.4) is 0 Å². The van der Waals surface area contributed by atoms with Gasteiger partial charge in [-0.2, -0.15) is 0 Å². The number of carbonyl (C=O) groups is 2. The number of nitrogens with zero attached hydrogens (tertiary/aromatic N) is 3. The highest BCUT2D eigenvalue weighted by molar-refractivity contribution is 6.19. The average Bonchev–Trinajstić information content (AvgIpc) is 3.70. The van der Waals surface area contributed by atoms with Gasteiger partial charge in [0.15, 0.2) is 24.0 Å². The summed E-state index contributed by atoms with van der Waals surface area (Å²) in [7, 11) is 1.54. The molecule has 346 valence electrons. The Morgan fingerprint density at radius 3 is 2.39 bits per heavy atom. The van der Waals surface area contributed by atoms with E-state index < -0.39 is 24.8 Å². The summed E-state index contributed by atoms with van der Waals surface area (Å²) in [5.74, 6) is 1.66. The second kappa shape index (κ2) is 20.4. The van der Waals surface area contributed by atoms with E-state index in [1.807, 2.05) is 82.6 Å². The van der Waals surface area contributed by atoms with Gasteiger partial charge >= 0.3 is 6.09 Å². The lowest BCUT2D eigenvalue weighted by atomic mass is 9.95. The van der Waals surface area contributed by atoms with Crippen LogP contribution in [0.2, 0.25) is 0 Å². The number of carbonyl (C=O) groups excluding carboxylic acids is 2. The molecule has 2 amide bonds. The highest BCUT2D eigenvalue weighted by Crippen LogP contribution is 2.48. The van der Waals surface area contributed by atoms with Gasteiger partial charge in [0.2, 0.25) is 5.91 Å². The van der Waals surface area contributed by atoms with Crippen molar-refractivity contribution in [2.24, 2.45) is 0 Å². The average molecular weight is 917 g/mol. The smallest absolute Gasteiger partial charge is 0.416 e. The third-order valence-electron chi connectivity index (χ3n) is 13.0. The summed E-state index contributed by atoms with van der Waals surface area (Å²) in [5, 5.41) is 14.0. The number of amides is 2. The lowest BCUT2D eigenvalue weighted by molar-refractivity contribution is -0.207. The topological polar surface area (TPSA) is 145 Å². The van der Waals surface area contributed by atoms with Crippen LogP contribution in [0.4, 0.5) is 21.9 Å². The monoisotopic (exact) mass is 916 g/mol. The first-order valence-corrected chi connectivity index (χ1v) is 23.4. The van der Waals surface area contributed by atoms with Crippen molar-refractivity contribution in [2.45, 2.75) is 88.9 Å². The predicted octanol–water partition coefficient (Wildman–Crippen LogP) is 9.36. The number of hydrogen-bond donors (Lipinski definition) is 2. The number of piperidine rings is 1. The van der Waals surface area contributed by atoms with Gasteiger partial charge in [-0.3, -0.25) is 9.69 Å². The Kier molecular flexibility index (Phi) is 14.0. The number of benzene rings is 5. The first-order chi connectivity index (χ1) is 32.2. The molecule has 3 N–H and O–H groups in total. The van der Waals surface area contributed by atoms with E-state index in [0.717, 1.165) is 64.4 Å². The molecule has 5 aromatic rings. The minimum Gasteiger partial charge on any atom is -0.493 e. The van der Waals surface area contributed by atoms with Crippen LogP contribution < -0.4 is 29.7 Å². The Balaban J connectivity index is 0.972. The number of nitrogens with two attached hydrogens (primary N) is 1. The summed E-state index contributed by atoms with van der Waals surface area (Å²) in [6.07, 6.45) is 3.67.